The minimum Gasteiger partial charge on any atom is -0.336 e. The molecule has 2 aromatic carbocycles. The monoisotopic (exact) mass is 571 g/mol. The van der Waals surface area contributed by atoms with Gasteiger partial charge in [-0.1, -0.05) is 18.2 Å². The van der Waals surface area contributed by atoms with Gasteiger partial charge in [0.05, 0.1) is 5.75 Å². The minimum absolute atomic E-state index is 0.00261. The zero-order valence-electron chi connectivity index (χ0n) is 22.7. The van der Waals surface area contributed by atoms with E-state index in [4.69, 9.17) is 0 Å². The second kappa shape index (κ2) is 11.3. The van der Waals surface area contributed by atoms with Gasteiger partial charge in [-0.3, -0.25) is 19.5 Å². The summed E-state index contributed by atoms with van der Waals surface area (Å²) in [5, 5.41) is 2.76. The molecule has 10 nitrogen and oxygen atoms in total. The molecule has 1 spiro atoms. The average molecular weight is 572 g/mol. The Balaban J connectivity index is 1.19. The smallest absolute Gasteiger partial charge is 0.253 e. The number of amidine groups is 1. The third-order valence-corrected chi connectivity index (χ3v) is 10.0. The maximum atomic E-state index is 13.2. The summed E-state index contributed by atoms with van der Waals surface area (Å²) < 4.78 is 40.4. The zero-order valence-corrected chi connectivity index (χ0v) is 23.5. The van der Waals surface area contributed by atoms with Crippen LogP contribution in [0.3, 0.4) is 0 Å². The van der Waals surface area contributed by atoms with Crippen molar-refractivity contribution in [3.63, 3.8) is 0 Å². The number of piperidine rings is 1. The van der Waals surface area contributed by atoms with Crippen molar-refractivity contribution in [2.45, 2.75) is 31.7 Å². The first-order valence-electron chi connectivity index (χ1n) is 13.5. The minimum atomic E-state index is -3.57. The topological polar surface area (TPSA) is 112 Å². The number of piperazine rings is 1. The molecule has 3 aliphatic heterocycles. The molecule has 3 heterocycles. The lowest BCUT2D eigenvalue weighted by atomic mass is 9.89. The number of sulfonamides is 1. The predicted molar refractivity (Wildman–Crippen MR) is 148 cm³/mol. The van der Waals surface area contributed by atoms with Gasteiger partial charge in [-0.2, -0.15) is 0 Å². The van der Waals surface area contributed by atoms with E-state index in [0.717, 1.165) is 24.2 Å². The van der Waals surface area contributed by atoms with Crippen LogP contribution in [0.4, 0.5) is 4.53 Å². The van der Waals surface area contributed by atoms with E-state index in [1.807, 2.05) is 31.0 Å². The molecule has 2 aromatic rings. The van der Waals surface area contributed by atoms with E-state index in [-0.39, 0.29) is 49.2 Å². The number of nitrogens with one attached hydrogen (secondary N) is 1. The number of carbonyl (C=O) groups is 2. The van der Waals surface area contributed by atoms with Crippen LogP contribution in [0.5, 0.6) is 5.75 Å². The number of hydrogen-bond donors (Lipinski definition) is 1. The average Bonchev–Trinajstić information content (AvgIpc) is 3.27. The molecule has 5 rings (SSSR count). The van der Waals surface area contributed by atoms with Crippen LogP contribution in [0.15, 0.2) is 47.5 Å². The van der Waals surface area contributed by atoms with Crippen LogP contribution in [-0.2, 0) is 21.2 Å². The number of carbonyl (C=O) groups excluding carboxylic acids is 2. The molecule has 2 saturated heterocycles. The fourth-order valence-electron chi connectivity index (χ4n) is 5.49. The maximum absolute atomic E-state index is 13.2. The third kappa shape index (κ3) is 5.74. The molecule has 3 aliphatic rings. The molecular formula is C28H34FN5O5S. The number of aryl methyl sites for hydroxylation is 2. The Morgan fingerprint density at radius 2 is 1.80 bits per heavy atom. The fraction of sp³-hybridized carbons (Fsp3) is 0.464. The van der Waals surface area contributed by atoms with Crippen molar-refractivity contribution in [1.29, 1.82) is 0 Å². The van der Waals surface area contributed by atoms with E-state index in [0.29, 0.717) is 36.5 Å². The largest absolute Gasteiger partial charge is 0.336 e. The van der Waals surface area contributed by atoms with Gasteiger partial charge in [0, 0.05) is 54.9 Å². The summed E-state index contributed by atoms with van der Waals surface area (Å²) in [4.78, 5) is 38.2. The number of amides is 2. The summed E-state index contributed by atoms with van der Waals surface area (Å²) in [6, 6.07) is 11.7. The molecule has 40 heavy (non-hydrogen) atoms. The number of likely N-dealkylation sites (N-methyl/N-ethyl adjacent to an activating group) is 1. The molecule has 0 radical (unpaired) electrons. The Morgan fingerprint density at radius 1 is 1.07 bits per heavy atom. The van der Waals surface area contributed by atoms with Gasteiger partial charge in [-0.15, -0.1) is 0 Å². The second-order valence-electron chi connectivity index (χ2n) is 10.8. The van der Waals surface area contributed by atoms with Crippen LogP contribution in [0.25, 0.3) is 0 Å². The van der Waals surface area contributed by atoms with Gasteiger partial charge in [0.1, 0.15) is 11.4 Å². The fourth-order valence-corrected chi connectivity index (χ4v) is 6.96. The maximum Gasteiger partial charge on any atom is 0.253 e. The molecule has 2 amide bonds. The Hall–Kier alpha value is -3.35. The Kier molecular flexibility index (Phi) is 7.94. The van der Waals surface area contributed by atoms with Crippen LogP contribution < -0.4 is 10.3 Å². The third-order valence-electron chi connectivity index (χ3n) is 8.13. The summed E-state index contributed by atoms with van der Waals surface area (Å²) in [6.07, 6.45) is 0.834. The molecule has 0 unspecified atom stereocenters. The molecule has 1 N–H and O–H groups in total. The molecule has 2 fully saturated rings. The van der Waals surface area contributed by atoms with Gasteiger partial charge in [0.25, 0.3) is 11.8 Å². The number of hydrogen-bond acceptors (Lipinski definition) is 7. The quantitative estimate of drug-likeness (QED) is 0.544. The highest BCUT2D eigenvalue weighted by atomic mass is 32.2. The highest BCUT2D eigenvalue weighted by molar-refractivity contribution is 7.89. The number of benzene rings is 2. The molecule has 0 aromatic heterocycles. The SMILES string of the molecule is Cc1cc(C(=O)N2CCN(C)CC2)ccc1CCS(=O)(=O)N1CCC2(CC1)N=C(c1cccc(OF)c1)NC2=O. The first-order chi connectivity index (χ1) is 19.1. The summed E-state index contributed by atoms with van der Waals surface area (Å²) in [5.41, 5.74) is 1.86. The van der Waals surface area contributed by atoms with Crippen molar-refractivity contribution < 1.29 is 27.5 Å². The lowest BCUT2D eigenvalue weighted by molar-refractivity contribution is -0.124. The van der Waals surface area contributed by atoms with Crippen LogP contribution >= 0.6 is 0 Å². The molecule has 0 saturated carbocycles. The molecule has 12 heteroatoms. The highest BCUT2D eigenvalue weighted by Crippen LogP contribution is 2.32. The summed E-state index contributed by atoms with van der Waals surface area (Å²) >= 11 is 0. The Bertz CT molecular complexity index is 1430. The van der Waals surface area contributed by atoms with E-state index in [1.54, 1.807) is 18.2 Å². The van der Waals surface area contributed by atoms with Crippen LogP contribution in [-0.4, -0.2) is 97.8 Å². The normalized spacial score (nSPS) is 19.9. The number of nitrogens with zero attached hydrogens (tertiary/aromatic N) is 4. The highest BCUT2D eigenvalue weighted by Gasteiger charge is 2.47. The van der Waals surface area contributed by atoms with Crippen molar-refractivity contribution >= 4 is 27.7 Å². The Labute approximate surface area is 233 Å². The van der Waals surface area contributed by atoms with Crippen LogP contribution in [0.1, 0.15) is 39.9 Å². The van der Waals surface area contributed by atoms with Gasteiger partial charge in [-0.05, 0) is 68.6 Å². The standard InChI is InChI=1S/C28H34FN5O5S/c1-20-18-23(26(35)33-15-13-32(2)14-16-33)7-6-21(20)8-17-40(37,38)34-11-9-28(10-12-34)27(36)30-25(31-28)22-4-3-5-24(19-22)39-29/h3-7,18-19H,8-17H2,1-2H3,(H,30,31,36). The van der Waals surface area contributed by atoms with Crippen molar-refractivity contribution in [2.24, 2.45) is 4.99 Å². The van der Waals surface area contributed by atoms with Crippen molar-refractivity contribution in [2.75, 3.05) is 52.1 Å². The zero-order chi connectivity index (χ0) is 28.5. The molecule has 214 valence electrons. The first kappa shape index (κ1) is 28.2. The van der Waals surface area contributed by atoms with Gasteiger partial charge in [0.15, 0.2) is 5.75 Å². The van der Waals surface area contributed by atoms with Crippen molar-refractivity contribution in [1.82, 2.24) is 19.4 Å². The second-order valence-corrected chi connectivity index (χ2v) is 12.8. The van der Waals surface area contributed by atoms with E-state index >= 15 is 0 Å². The van der Waals surface area contributed by atoms with Gasteiger partial charge < -0.3 is 15.1 Å². The number of aliphatic imine (C=N–C) groups is 1. The van der Waals surface area contributed by atoms with Crippen molar-refractivity contribution in [3.05, 3.63) is 64.7 Å². The summed E-state index contributed by atoms with van der Waals surface area (Å²) in [5.74, 6) is -0.0209. The predicted octanol–water partition coefficient (Wildman–Crippen LogP) is 1.93. The van der Waals surface area contributed by atoms with Gasteiger partial charge in [0.2, 0.25) is 10.0 Å². The Morgan fingerprint density at radius 3 is 2.48 bits per heavy atom. The van der Waals surface area contributed by atoms with E-state index in [9.17, 15) is 22.5 Å². The lowest BCUT2D eigenvalue weighted by Gasteiger charge is -2.34. The summed E-state index contributed by atoms with van der Waals surface area (Å²) in [7, 11) is -1.53. The molecule has 0 aliphatic carbocycles. The first-order valence-corrected chi connectivity index (χ1v) is 15.1. The van der Waals surface area contributed by atoms with Crippen LogP contribution in [0.2, 0.25) is 0 Å². The van der Waals surface area contributed by atoms with Gasteiger partial charge in [-0.25, -0.2) is 12.7 Å². The lowest BCUT2D eigenvalue weighted by Crippen LogP contribution is -2.50. The van der Waals surface area contributed by atoms with E-state index < -0.39 is 15.6 Å². The number of halogens is 1. The molecule has 0 atom stereocenters. The van der Waals surface area contributed by atoms with Crippen LogP contribution in [0, 0.1) is 6.92 Å². The van der Waals surface area contributed by atoms with Crippen molar-refractivity contribution in [3.8, 4) is 5.75 Å². The molecule has 0 bridgehead atoms. The van der Waals surface area contributed by atoms with Gasteiger partial charge >= 0.3 is 0 Å². The molecular weight excluding hydrogens is 537 g/mol. The van der Waals surface area contributed by atoms with E-state index in [1.165, 1.54) is 16.4 Å². The van der Waals surface area contributed by atoms with E-state index in [2.05, 4.69) is 20.2 Å². The summed E-state index contributed by atoms with van der Waals surface area (Å²) in [6.45, 7) is 5.34. The number of rotatable bonds is 7.